The molecular formula is C11H6F3NO2. The maximum Gasteiger partial charge on any atom is 0.433 e. The van der Waals surface area contributed by atoms with Gasteiger partial charge in [-0.1, -0.05) is 0 Å². The van der Waals surface area contributed by atoms with Gasteiger partial charge >= 0.3 is 6.18 Å². The molecule has 3 nitrogen and oxygen atoms in total. The number of ketones is 2. The molecule has 0 amide bonds. The third-order valence-electron chi connectivity index (χ3n) is 2.37. The topological polar surface area (TPSA) is 47.0 Å². The summed E-state index contributed by atoms with van der Waals surface area (Å²) in [6.45, 7) is 1.35. The fourth-order valence-corrected chi connectivity index (χ4v) is 1.62. The molecule has 0 unspecified atom stereocenters. The number of fused-ring (bicyclic) bond motifs is 1. The molecule has 0 aromatic carbocycles. The van der Waals surface area contributed by atoms with E-state index in [4.69, 9.17) is 0 Å². The second-order valence-electron chi connectivity index (χ2n) is 3.61. The number of carbonyl (C=O) groups is 2. The lowest BCUT2D eigenvalue weighted by Crippen LogP contribution is -2.19. The highest BCUT2D eigenvalue weighted by Crippen LogP contribution is 2.30. The van der Waals surface area contributed by atoms with Crippen LogP contribution in [0.25, 0.3) is 0 Å². The first-order chi connectivity index (χ1) is 7.80. The standard InChI is InChI=1S/C11H6F3NO2/c1-5-4-8(11(12,13)14)15-10-7(17)3-2-6(16)9(5)10/h2-4H,1H3. The molecule has 0 spiro atoms. The molecular weight excluding hydrogens is 235 g/mol. The molecule has 88 valence electrons. The van der Waals surface area contributed by atoms with Gasteiger partial charge in [0.2, 0.25) is 5.78 Å². The zero-order valence-electron chi connectivity index (χ0n) is 8.63. The van der Waals surface area contributed by atoms with Crippen molar-refractivity contribution in [2.45, 2.75) is 13.1 Å². The Morgan fingerprint density at radius 1 is 1.12 bits per heavy atom. The van der Waals surface area contributed by atoms with Crippen molar-refractivity contribution in [1.29, 1.82) is 0 Å². The third-order valence-corrected chi connectivity index (χ3v) is 2.37. The van der Waals surface area contributed by atoms with Crippen molar-refractivity contribution in [2.24, 2.45) is 0 Å². The summed E-state index contributed by atoms with van der Waals surface area (Å²) in [5, 5.41) is 0. The molecule has 17 heavy (non-hydrogen) atoms. The van der Waals surface area contributed by atoms with Crippen molar-refractivity contribution >= 4 is 11.6 Å². The highest BCUT2D eigenvalue weighted by atomic mass is 19.4. The van der Waals surface area contributed by atoms with Crippen LogP contribution in [0.1, 0.15) is 32.1 Å². The molecule has 0 atom stereocenters. The Labute approximate surface area is 94.0 Å². The molecule has 0 fully saturated rings. The Balaban J connectivity index is 2.71. The second-order valence-corrected chi connectivity index (χ2v) is 3.61. The summed E-state index contributed by atoms with van der Waals surface area (Å²) < 4.78 is 37.5. The Morgan fingerprint density at radius 3 is 2.29 bits per heavy atom. The van der Waals surface area contributed by atoms with Gasteiger partial charge in [-0.25, -0.2) is 4.98 Å². The smallest absolute Gasteiger partial charge is 0.289 e. The van der Waals surface area contributed by atoms with Crippen molar-refractivity contribution in [3.63, 3.8) is 0 Å². The molecule has 2 rings (SSSR count). The highest BCUT2D eigenvalue weighted by molar-refractivity contribution is 6.21. The van der Waals surface area contributed by atoms with Crippen LogP contribution >= 0.6 is 0 Å². The lowest BCUT2D eigenvalue weighted by molar-refractivity contribution is -0.141. The third kappa shape index (κ3) is 1.86. The van der Waals surface area contributed by atoms with E-state index in [1.165, 1.54) is 6.92 Å². The van der Waals surface area contributed by atoms with Crippen LogP contribution in [0.2, 0.25) is 0 Å². The van der Waals surface area contributed by atoms with Gasteiger partial charge < -0.3 is 0 Å². The van der Waals surface area contributed by atoms with E-state index in [0.29, 0.717) is 0 Å². The van der Waals surface area contributed by atoms with Gasteiger partial charge in [0.15, 0.2) is 5.78 Å². The number of hydrogen-bond acceptors (Lipinski definition) is 3. The highest BCUT2D eigenvalue weighted by Gasteiger charge is 2.35. The van der Waals surface area contributed by atoms with Gasteiger partial charge in [-0.2, -0.15) is 13.2 Å². The molecule has 1 aromatic rings. The molecule has 1 aliphatic carbocycles. The Kier molecular flexibility index (Phi) is 2.38. The monoisotopic (exact) mass is 241 g/mol. The predicted octanol–water partition coefficient (Wildman–Crippen LogP) is 2.34. The van der Waals surface area contributed by atoms with Gasteiger partial charge in [-0.05, 0) is 30.7 Å². The quantitative estimate of drug-likeness (QED) is 0.700. The van der Waals surface area contributed by atoms with E-state index < -0.39 is 29.1 Å². The summed E-state index contributed by atoms with van der Waals surface area (Å²) in [5.41, 5.74) is -1.54. The summed E-state index contributed by atoms with van der Waals surface area (Å²) in [4.78, 5) is 26.1. The fourth-order valence-electron chi connectivity index (χ4n) is 1.62. The number of aryl methyl sites for hydroxylation is 1. The van der Waals surface area contributed by atoms with Crippen molar-refractivity contribution < 1.29 is 22.8 Å². The maximum atomic E-state index is 12.5. The molecule has 1 heterocycles. The molecule has 6 heteroatoms. The van der Waals surface area contributed by atoms with Crippen molar-refractivity contribution in [1.82, 2.24) is 4.98 Å². The Morgan fingerprint density at radius 2 is 1.71 bits per heavy atom. The van der Waals surface area contributed by atoms with Crippen LogP contribution in [0.4, 0.5) is 13.2 Å². The number of nitrogens with zero attached hydrogens (tertiary/aromatic N) is 1. The van der Waals surface area contributed by atoms with E-state index in [1.54, 1.807) is 0 Å². The van der Waals surface area contributed by atoms with Gasteiger partial charge in [-0.3, -0.25) is 9.59 Å². The van der Waals surface area contributed by atoms with Gasteiger partial charge in [0.25, 0.3) is 0 Å². The maximum absolute atomic E-state index is 12.5. The van der Waals surface area contributed by atoms with Gasteiger partial charge in [0.1, 0.15) is 11.4 Å². The van der Waals surface area contributed by atoms with Crippen LogP contribution in [-0.2, 0) is 6.18 Å². The average molecular weight is 241 g/mol. The molecule has 0 bridgehead atoms. The largest absolute Gasteiger partial charge is 0.433 e. The molecule has 0 saturated carbocycles. The van der Waals surface area contributed by atoms with E-state index in [1.807, 2.05) is 0 Å². The van der Waals surface area contributed by atoms with Crippen LogP contribution in [0.3, 0.4) is 0 Å². The minimum Gasteiger partial charge on any atom is -0.289 e. The number of alkyl halides is 3. The van der Waals surface area contributed by atoms with Crippen LogP contribution in [-0.4, -0.2) is 16.6 Å². The van der Waals surface area contributed by atoms with E-state index >= 15 is 0 Å². The fraction of sp³-hybridized carbons (Fsp3) is 0.182. The summed E-state index contributed by atoms with van der Waals surface area (Å²) in [6.07, 6.45) is -2.67. The molecule has 0 saturated heterocycles. The van der Waals surface area contributed by atoms with Crippen LogP contribution in [0.5, 0.6) is 0 Å². The van der Waals surface area contributed by atoms with Crippen molar-refractivity contribution in [3.8, 4) is 0 Å². The van der Waals surface area contributed by atoms with Crippen LogP contribution in [0.15, 0.2) is 18.2 Å². The number of carbonyl (C=O) groups excluding carboxylic acids is 2. The first-order valence-corrected chi connectivity index (χ1v) is 4.66. The number of pyridine rings is 1. The molecule has 1 aromatic heterocycles. The lowest BCUT2D eigenvalue weighted by Gasteiger charge is -2.14. The predicted molar refractivity (Wildman–Crippen MR) is 51.8 cm³/mol. The summed E-state index contributed by atoms with van der Waals surface area (Å²) in [5.74, 6) is -1.19. The minimum atomic E-state index is -4.63. The molecule has 0 radical (unpaired) electrons. The normalized spacial score (nSPS) is 15.1. The molecule has 0 N–H and O–H groups in total. The first-order valence-electron chi connectivity index (χ1n) is 4.66. The van der Waals surface area contributed by atoms with E-state index in [9.17, 15) is 22.8 Å². The van der Waals surface area contributed by atoms with Crippen LogP contribution < -0.4 is 0 Å². The van der Waals surface area contributed by atoms with Crippen LogP contribution in [0, 0.1) is 6.92 Å². The molecule has 1 aliphatic rings. The Bertz CT molecular complexity index is 559. The van der Waals surface area contributed by atoms with E-state index in [-0.39, 0.29) is 11.1 Å². The van der Waals surface area contributed by atoms with Gasteiger partial charge in [-0.15, -0.1) is 0 Å². The number of allylic oxidation sites excluding steroid dienone is 2. The molecule has 0 aliphatic heterocycles. The SMILES string of the molecule is Cc1cc(C(F)(F)F)nc2c1C(=O)C=CC2=O. The number of halogens is 3. The number of aromatic nitrogens is 1. The van der Waals surface area contributed by atoms with Crippen molar-refractivity contribution in [3.05, 3.63) is 40.7 Å². The summed E-state index contributed by atoms with van der Waals surface area (Å²) >= 11 is 0. The van der Waals surface area contributed by atoms with Crippen molar-refractivity contribution in [2.75, 3.05) is 0 Å². The second kappa shape index (κ2) is 3.51. The minimum absolute atomic E-state index is 0.0505. The zero-order valence-corrected chi connectivity index (χ0v) is 8.63. The number of hydrogen-bond donors (Lipinski definition) is 0. The first kappa shape index (κ1) is 11.5. The van der Waals surface area contributed by atoms with E-state index in [0.717, 1.165) is 18.2 Å². The zero-order chi connectivity index (χ0) is 12.8. The Hall–Kier alpha value is -1.98. The lowest BCUT2D eigenvalue weighted by atomic mass is 9.95. The van der Waals surface area contributed by atoms with E-state index in [2.05, 4.69) is 4.98 Å². The van der Waals surface area contributed by atoms with Gasteiger partial charge in [0, 0.05) is 0 Å². The summed E-state index contributed by atoms with van der Waals surface area (Å²) in [6, 6.07) is 0.767. The number of rotatable bonds is 0. The van der Waals surface area contributed by atoms with Gasteiger partial charge in [0.05, 0.1) is 5.56 Å². The average Bonchev–Trinajstić information content (AvgIpc) is 2.21. The summed E-state index contributed by atoms with van der Waals surface area (Å²) in [7, 11) is 0.